The molecule has 1 radical (unpaired) electrons. The highest BCUT2D eigenvalue weighted by Gasteiger charge is 2.24. The standard InChI is InChI=1S/C11H16P/c1-9(2)12(10(3)4)11-7-5-6-8-11/h5,9-11H,1-4H3. The van der Waals surface area contributed by atoms with Crippen LogP contribution in [-0.2, 0) is 0 Å². The highest BCUT2D eigenvalue weighted by molar-refractivity contribution is 7.60. The molecule has 1 atom stereocenters. The van der Waals surface area contributed by atoms with Gasteiger partial charge < -0.3 is 0 Å². The molecule has 0 N–H and O–H groups in total. The zero-order valence-electron chi connectivity index (χ0n) is 8.26. The minimum absolute atomic E-state index is 0.00424. The second-order valence-electron chi connectivity index (χ2n) is 3.64. The van der Waals surface area contributed by atoms with Crippen LogP contribution in [0.3, 0.4) is 0 Å². The van der Waals surface area contributed by atoms with Crippen LogP contribution in [0, 0.1) is 17.9 Å². The third-order valence-corrected chi connectivity index (χ3v) is 5.28. The Morgan fingerprint density at radius 2 is 1.75 bits per heavy atom. The molecule has 0 saturated heterocycles. The molecule has 65 valence electrons. The minimum Gasteiger partial charge on any atom is -0.0855 e. The molecule has 0 bridgehead atoms. The summed E-state index contributed by atoms with van der Waals surface area (Å²) in [6, 6.07) is 0. The first-order valence-electron chi connectivity index (χ1n) is 4.49. The van der Waals surface area contributed by atoms with Gasteiger partial charge in [-0.3, -0.25) is 0 Å². The maximum Gasteiger partial charge on any atom is 0.0666 e. The quantitative estimate of drug-likeness (QED) is 0.461. The van der Waals surface area contributed by atoms with Gasteiger partial charge in [0.25, 0.3) is 0 Å². The van der Waals surface area contributed by atoms with Crippen molar-refractivity contribution in [2.24, 2.45) is 0 Å². The van der Waals surface area contributed by atoms with Crippen molar-refractivity contribution in [2.75, 3.05) is 0 Å². The average molecular weight is 179 g/mol. The van der Waals surface area contributed by atoms with Crippen LogP contribution in [0.15, 0.2) is 6.08 Å². The zero-order chi connectivity index (χ0) is 9.14. The van der Waals surface area contributed by atoms with Crippen LogP contribution in [0.4, 0.5) is 0 Å². The Morgan fingerprint density at radius 1 is 1.17 bits per heavy atom. The first-order chi connectivity index (χ1) is 5.63. The zero-order valence-corrected chi connectivity index (χ0v) is 9.15. The van der Waals surface area contributed by atoms with Crippen molar-refractivity contribution in [1.29, 1.82) is 0 Å². The van der Waals surface area contributed by atoms with Gasteiger partial charge in [0.1, 0.15) is 0 Å². The van der Waals surface area contributed by atoms with E-state index in [0.29, 0.717) is 5.66 Å². The molecule has 1 aliphatic rings. The fourth-order valence-electron chi connectivity index (χ4n) is 1.64. The Labute approximate surface area is 77.2 Å². The molecule has 1 aliphatic carbocycles. The van der Waals surface area contributed by atoms with E-state index in [4.69, 9.17) is 0 Å². The third kappa shape index (κ3) is 2.11. The predicted molar refractivity (Wildman–Crippen MR) is 56.6 cm³/mol. The summed E-state index contributed by atoms with van der Waals surface area (Å²) in [5.74, 6) is 6.22. The molecule has 1 unspecified atom stereocenters. The summed E-state index contributed by atoms with van der Waals surface area (Å²) >= 11 is 0. The molecule has 1 heteroatoms. The fraction of sp³-hybridized carbons (Fsp3) is 0.636. The van der Waals surface area contributed by atoms with Gasteiger partial charge in [-0.05, 0) is 23.5 Å². The van der Waals surface area contributed by atoms with Gasteiger partial charge >= 0.3 is 0 Å². The summed E-state index contributed by atoms with van der Waals surface area (Å²) in [7, 11) is 0.00424. The van der Waals surface area contributed by atoms with E-state index in [1.54, 1.807) is 0 Å². The molecule has 0 aliphatic heterocycles. The van der Waals surface area contributed by atoms with E-state index in [-0.39, 0.29) is 7.92 Å². The van der Waals surface area contributed by atoms with Gasteiger partial charge in [-0.25, -0.2) is 0 Å². The molecular weight excluding hydrogens is 163 g/mol. The predicted octanol–water partition coefficient (Wildman–Crippen LogP) is 3.03. The molecule has 0 aromatic rings. The van der Waals surface area contributed by atoms with E-state index >= 15 is 0 Å². The lowest BCUT2D eigenvalue weighted by molar-refractivity contribution is 0.993. The summed E-state index contributed by atoms with van der Waals surface area (Å²) in [5.41, 5.74) is 1.97. The largest absolute Gasteiger partial charge is 0.0855 e. The Balaban J connectivity index is 2.68. The van der Waals surface area contributed by atoms with E-state index in [1.165, 1.54) is 0 Å². The minimum atomic E-state index is 0.00424. The van der Waals surface area contributed by atoms with Crippen LogP contribution in [0.1, 0.15) is 27.7 Å². The SMILES string of the molecule is CC(C)P(C(C)C)C1[C]=CC#C1. The van der Waals surface area contributed by atoms with E-state index in [9.17, 15) is 0 Å². The lowest BCUT2D eigenvalue weighted by atomic mass is 10.5. The number of hydrogen-bond acceptors (Lipinski definition) is 0. The lowest BCUT2D eigenvalue weighted by Crippen LogP contribution is -2.12. The van der Waals surface area contributed by atoms with E-state index in [0.717, 1.165) is 11.3 Å². The summed E-state index contributed by atoms with van der Waals surface area (Å²) in [6.07, 6.45) is 5.18. The van der Waals surface area contributed by atoms with Gasteiger partial charge in [0.2, 0.25) is 0 Å². The molecule has 0 amide bonds. The highest BCUT2D eigenvalue weighted by Crippen LogP contribution is 2.51. The maximum atomic E-state index is 3.30. The van der Waals surface area contributed by atoms with Crippen molar-refractivity contribution < 1.29 is 0 Å². The number of rotatable bonds is 3. The fourth-order valence-corrected chi connectivity index (χ4v) is 4.49. The monoisotopic (exact) mass is 179 g/mol. The number of allylic oxidation sites excluding steroid dienone is 2. The highest BCUT2D eigenvalue weighted by atomic mass is 31.1. The van der Waals surface area contributed by atoms with Crippen molar-refractivity contribution >= 4 is 7.92 Å². The van der Waals surface area contributed by atoms with Crippen molar-refractivity contribution in [2.45, 2.75) is 44.7 Å². The lowest BCUT2D eigenvalue weighted by Gasteiger charge is -2.28. The van der Waals surface area contributed by atoms with Gasteiger partial charge in [0.05, 0.1) is 5.66 Å². The van der Waals surface area contributed by atoms with Gasteiger partial charge in [0.15, 0.2) is 0 Å². The normalized spacial score (nSPS) is 20.8. The van der Waals surface area contributed by atoms with Crippen LogP contribution >= 0.6 is 7.92 Å². The van der Waals surface area contributed by atoms with E-state index in [1.807, 2.05) is 6.08 Å². The molecular formula is C11H16P. The molecule has 0 aromatic heterocycles. The first kappa shape index (κ1) is 9.82. The van der Waals surface area contributed by atoms with Crippen molar-refractivity contribution in [3.63, 3.8) is 0 Å². The summed E-state index contributed by atoms with van der Waals surface area (Å²) in [6.45, 7) is 9.20. The van der Waals surface area contributed by atoms with Crippen LogP contribution in [0.5, 0.6) is 0 Å². The maximum absolute atomic E-state index is 3.30. The Hall–Kier alpha value is -0.270. The number of hydrogen-bond donors (Lipinski definition) is 0. The topological polar surface area (TPSA) is 0 Å². The Morgan fingerprint density at radius 3 is 2.08 bits per heavy atom. The van der Waals surface area contributed by atoms with Gasteiger partial charge in [0, 0.05) is 0 Å². The molecule has 0 aromatic carbocycles. The van der Waals surface area contributed by atoms with Crippen LogP contribution < -0.4 is 0 Å². The molecule has 0 nitrogen and oxygen atoms in total. The van der Waals surface area contributed by atoms with Crippen molar-refractivity contribution in [3.8, 4) is 11.8 Å². The molecule has 0 fully saturated rings. The van der Waals surface area contributed by atoms with Crippen LogP contribution in [0.2, 0.25) is 0 Å². The molecule has 12 heavy (non-hydrogen) atoms. The van der Waals surface area contributed by atoms with Crippen molar-refractivity contribution in [1.82, 2.24) is 0 Å². The smallest absolute Gasteiger partial charge is 0.0666 e. The van der Waals surface area contributed by atoms with Gasteiger partial charge in [-0.2, -0.15) is 0 Å². The Bertz CT molecular complexity index is 219. The van der Waals surface area contributed by atoms with Crippen molar-refractivity contribution in [3.05, 3.63) is 12.2 Å². The second kappa shape index (κ2) is 4.11. The molecule has 1 rings (SSSR count). The summed E-state index contributed by atoms with van der Waals surface area (Å²) in [5, 5.41) is 0. The van der Waals surface area contributed by atoms with Crippen LogP contribution in [-0.4, -0.2) is 17.0 Å². The van der Waals surface area contributed by atoms with E-state index < -0.39 is 0 Å². The summed E-state index contributed by atoms with van der Waals surface area (Å²) in [4.78, 5) is 0. The van der Waals surface area contributed by atoms with E-state index in [2.05, 4.69) is 45.6 Å². The van der Waals surface area contributed by atoms with Gasteiger partial charge in [-0.1, -0.05) is 47.5 Å². The van der Waals surface area contributed by atoms with Gasteiger partial charge in [-0.15, -0.1) is 0 Å². The molecule has 0 saturated carbocycles. The summed E-state index contributed by atoms with van der Waals surface area (Å²) < 4.78 is 0. The third-order valence-electron chi connectivity index (χ3n) is 2.02. The Kier molecular flexibility index (Phi) is 3.36. The molecule has 0 heterocycles. The molecule has 0 spiro atoms. The second-order valence-corrected chi connectivity index (χ2v) is 7.11. The van der Waals surface area contributed by atoms with Crippen LogP contribution in [0.25, 0.3) is 0 Å². The first-order valence-corrected chi connectivity index (χ1v) is 6.04. The average Bonchev–Trinajstić information content (AvgIpc) is 2.37.